The Hall–Kier alpha value is 1.00. The van der Waals surface area contributed by atoms with Gasteiger partial charge in [0.15, 0.2) is 0 Å². The molecule has 0 aromatic carbocycles. The van der Waals surface area contributed by atoms with Crippen molar-refractivity contribution in [3.8, 4) is 0 Å². The molecule has 0 rings (SSSR count). The van der Waals surface area contributed by atoms with E-state index in [4.69, 9.17) is 28.4 Å². The molecular formula is C4H8OP2S2. The third kappa shape index (κ3) is 9.00. The molecule has 0 radical (unpaired) electrons. The van der Waals surface area contributed by atoms with Crippen LogP contribution in [0.1, 0.15) is 0 Å². The van der Waals surface area contributed by atoms with Crippen molar-refractivity contribution < 1.29 is 4.74 Å². The summed E-state index contributed by atoms with van der Waals surface area (Å²) < 4.78 is 5.17. The minimum absolute atomic E-state index is 0.788. The molecule has 0 aromatic heterocycles. The van der Waals surface area contributed by atoms with Crippen molar-refractivity contribution in [2.45, 2.75) is 0 Å². The van der Waals surface area contributed by atoms with E-state index in [-0.39, 0.29) is 0 Å². The highest BCUT2D eigenvalue weighted by molar-refractivity contribution is 7.96. The summed E-state index contributed by atoms with van der Waals surface area (Å²) in [6.07, 6.45) is 1.92. The van der Waals surface area contributed by atoms with Gasteiger partial charge in [-0.25, -0.2) is 0 Å². The molecule has 0 aromatic rings. The van der Waals surface area contributed by atoms with Crippen molar-refractivity contribution in [3.05, 3.63) is 0 Å². The van der Waals surface area contributed by atoms with Gasteiger partial charge in [0.1, 0.15) is 0 Å². The Morgan fingerprint density at radius 1 is 1.00 bits per heavy atom. The second-order valence-electron chi connectivity index (χ2n) is 1.32. The van der Waals surface area contributed by atoms with Crippen LogP contribution < -0.4 is 0 Å². The summed E-state index contributed by atoms with van der Waals surface area (Å²) in [6, 6.07) is 0. The molecule has 0 N–H and O–H groups in total. The molecule has 0 amide bonds. The average molecular weight is 198 g/mol. The van der Waals surface area contributed by atoms with Crippen LogP contribution in [0.4, 0.5) is 0 Å². The molecule has 0 unspecified atom stereocenters. The molecule has 1 nitrogen and oxygen atoms in total. The Kier molecular flexibility index (Phi) is 10.0. The number of rotatable bonds is 6. The van der Waals surface area contributed by atoms with E-state index in [1.165, 1.54) is 0 Å². The molecule has 0 spiro atoms. The van der Waals surface area contributed by atoms with Crippen molar-refractivity contribution in [1.82, 2.24) is 0 Å². The Bertz CT molecular complexity index is 78.6. The van der Waals surface area contributed by atoms with E-state index in [1.807, 2.05) is 0 Å². The van der Waals surface area contributed by atoms with Crippen LogP contribution in [0, 0.1) is 0 Å². The third-order valence-electron chi connectivity index (χ3n) is 0.654. The lowest BCUT2D eigenvalue weighted by Crippen LogP contribution is -1.97. The minimum atomic E-state index is 0.788. The predicted molar refractivity (Wildman–Crippen MR) is 49.1 cm³/mol. The Morgan fingerprint density at radius 2 is 1.44 bits per heavy atom. The lowest BCUT2D eigenvalue weighted by molar-refractivity contribution is 0.167. The quantitative estimate of drug-likeness (QED) is 0.476. The van der Waals surface area contributed by atoms with Gasteiger partial charge in [0.05, 0.1) is 13.2 Å². The summed E-state index contributed by atoms with van der Waals surface area (Å²) in [4.78, 5) is 0. The van der Waals surface area contributed by atoms with Gasteiger partial charge < -0.3 is 4.74 Å². The molecule has 0 aliphatic heterocycles. The standard InChI is InChI=1S/C4H8OP2S2/c8-6-3-1-5-2-4-7-9/h1-4H2. The maximum atomic E-state index is 5.17. The second kappa shape index (κ2) is 9.00. The van der Waals surface area contributed by atoms with Gasteiger partial charge >= 0.3 is 0 Å². The fourth-order valence-electron chi connectivity index (χ4n) is 0.306. The summed E-state index contributed by atoms with van der Waals surface area (Å²) in [6.45, 7) is 1.58. The lowest BCUT2D eigenvalue weighted by Gasteiger charge is -1.95. The number of hydrogen-bond donors (Lipinski definition) is 0. The molecule has 0 aliphatic rings. The zero-order valence-corrected chi connectivity index (χ0v) is 8.37. The smallest absolute Gasteiger partial charge is 0.0550 e. The molecule has 0 atom stereocenters. The SMILES string of the molecule is S=PCCOCCP=S. The van der Waals surface area contributed by atoms with Gasteiger partial charge in [0.25, 0.3) is 0 Å². The number of hydrogen-bond acceptors (Lipinski definition) is 3. The van der Waals surface area contributed by atoms with Crippen molar-refractivity contribution in [1.29, 1.82) is 0 Å². The highest BCUT2D eigenvalue weighted by Crippen LogP contribution is 1.93. The molecule has 0 saturated carbocycles. The molecule has 0 fully saturated rings. The highest BCUT2D eigenvalue weighted by Gasteiger charge is 1.83. The van der Waals surface area contributed by atoms with E-state index in [1.54, 1.807) is 0 Å². The van der Waals surface area contributed by atoms with Crippen molar-refractivity contribution in [2.24, 2.45) is 0 Å². The zero-order valence-electron chi connectivity index (χ0n) is 4.95. The van der Waals surface area contributed by atoms with Crippen LogP contribution in [0.25, 0.3) is 0 Å². The number of ether oxygens (including phenoxy) is 1. The lowest BCUT2D eigenvalue weighted by atomic mass is 10.8. The van der Waals surface area contributed by atoms with Crippen LogP contribution in [0.2, 0.25) is 0 Å². The molecular weight excluding hydrogens is 190 g/mol. The topological polar surface area (TPSA) is 9.23 Å². The second-order valence-corrected chi connectivity index (χ2v) is 4.28. The summed E-state index contributed by atoms with van der Waals surface area (Å²) in [5.41, 5.74) is 0. The Labute approximate surface area is 68.8 Å². The van der Waals surface area contributed by atoms with Crippen molar-refractivity contribution >= 4 is 38.3 Å². The Balaban J connectivity index is 2.74. The van der Waals surface area contributed by atoms with Crippen LogP contribution in [-0.4, -0.2) is 25.5 Å². The van der Waals surface area contributed by atoms with Crippen molar-refractivity contribution in [2.75, 3.05) is 25.5 Å². The first-order valence-corrected chi connectivity index (χ1v) is 6.76. The van der Waals surface area contributed by atoms with Gasteiger partial charge in [0, 0.05) is 12.3 Å². The van der Waals surface area contributed by atoms with Gasteiger partial charge in [0.2, 0.25) is 0 Å². The monoisotopic (exact) mass is 198 g/mol. The van der Waals surface area contributed by atoms with Crippen LogP contribution >= 0.6 is 14.7 Å². The van der Waals surface area contributed by atoms with Crippen LogP contribution in [0.3, 0.4) is 0 Å². The highest BCUT2D eigenvalue weighted by atomic mass is 32.4. The Morgan fingerprint density at radius 3 is 1.78 bits per heavy atom. The molecule has 0 heterocycles. The zero-order chi connectivity index (χ0) is 6.95. The van der Waals surface area contributed by atoms with E-state index in [2.05, 4.69) is 0 Å². The van der Waals surface area contributed by atoms with E-state index in [0.29, 0.717) is 0 Å². The molecule has 0 bridgehead atoms. The molecule has 9 heavy (non-hydrogen) atoms. The van der Waals surface area contributed by atoms with Crippen molar-refractivity contribution in [3.63, 3.8) is 0 Å². The maximum absolute atomic E-state index is 5.17. The molecule has 0 saturated heterocycles. The van der Waals surface area contributed by atoms with Gasteiger partial charge in [-0.2, -0.15) is 0 Å². The van der Waals surface area contributed by atoms with E-state index < -0.39 is 0 Å². The van der Waals surface area contributed by atoms with Crippen LogP contribution in [0.5, 0.6) is 0 Å². The molecule has 0 aliphatic carbocycles. The van der Waals surface area contributed by atoms with Crippen LogP contribution in [-0.2, 0) is 28.4 Å². The largest absolute Gasteiger partial charge is 0.380 e. The third-order valence-corrected chi connectivity index (χ3v) is 2.48. The van der Waals surface area contributed by atoms with Gasteiger partial charge in [-0.05, 0) is 14.7 Å². The first-order valence-electron chi connectivity index (χ1n) is 2.57. The first kappa shape index (κ1) is 10.0. The first-order chi connectivity index (χ1) is 4.41. The summed E-state index contributed by atoms with van der Waals surface area (Å²) in [5, 5.41) is 0. The summed E-state index contributed by atoms with van der Waals surface area (Å²) in [5.74, 6) is 0. The van der Waals surface area contributed by atoms with Gasteiger partial charge in [-0.15, -0.1) is 0 Å². The molecule has 52 valence electrons. The maximum Gasteiger partial charge on any atom is 0.0550 e. The van der Waals surface area contributed by atoms with Gasteiger partial charge in [-0.3, -0.25) is 0 Å². The van der Waals surface area contributed by atoms with Crippen LogP contribution in [0.15, 0.2) is 0 Å². The minimum Gasteiger partial charge on any atom is -0.380 e. The molecule has 5 heteroatoms. The summed E-state index contributed by atoms with van der Waals surface area (Å²) >= 11 is 9.40. The van der Waals surface area contributed by atoms with E-state index in [9.17, 15) is 0 Å². The van der Waals surface area contributed by atoms with E-state index >= 15 is 0 Å². The normalized spacial score (nSPS) is 10.7. The average Bonchev–Trinajstić information content (AvgIpc) is 1.89. The van der Waals surface area contributed by atoms with E-state index in [0.717, 1.165) is 40.2 Å². The fraction of sp³-hybridized carbons (Fsp3) is 1.00. The van der Waals surface area contributed by atoms with Gasteiger partial charge in [-0.1, -0.05) is 23.6 Å². The fourth-order valence-corrected chi connectivity index (χ4v) is 1.16. The predicted octanol–water partition coefficient (Wildman–Crippen LogP) is 1.82. The summed E-state index contributed by atoms with van der Waals surface area (Å²) in [7, 11) is 1.99.